The lowest BCUT2D eigenvalue weighted by molar-refractivity contribution is -0.141. The highest BCUT2D eigenvalue weighted by Crippen LogP contribution is 2.36. The maximum Gasteiger partial charge on any atom is 0.326 e. The van der Waals surface area contributed by atoms with Gasteiger partial charge in [0.15, 0.2) is 0 Å². The molecule has 1 aliphatic heterocycles. The van der Waals surface area contributed by atoms with Gasteiger partial charge in [0.1, 0.15) is 6.04 Å². The molecule has 2 fully saturated rings. The molecule has 0 aromatic rings. The number of likely N-dealkylation sites (tertiary alicyclic amines) is 1. The summed E-state index contributed by atoms with van der Waals surface area (Å²) in [5, 5.41) is 18.9. The molecule has 1 saturated heterocycles. The number of nitrogens with zero attached hydrogens (tertiary/aromatic N) is 2. The molecule has 1 heterocycles. The maximum absolute atomic E-state index is 12.7. The molecule has 2 amide bonds. The molecule has 0 spiro atoms. The zero-order valence-electron chi connectivity index (χ0n) is 12.6. The Morgan fingerprint density at radius 3 is 2.62 bits per heavy atom. The molecule has 0 bridgehead atoms. The molecule has 0 radical (unpaired) electrons. The Labute approximate surface area is 124 Å². The van der Waals surface area contributed by atoms with Crippen LogP contribution >= 0.6 is 0 Å². The van der Waals surface area contributed by atoms with E-state index in [9.17, 15) is 19.8 Å². The van der Waals surface area contributed by atoms with Gasteiger partial charge in [0, 0.05) is 32.7 Å². The van der Waals surface area contributed by atoms with Crippen molar-refractivity contribution in [1.82, 2.24) is 9.80 Å². The third kappa shape index (κ3) is 3.65. The van der Waals surface area contributed by atoms with Gasteiger partial charge in [-0.05, 0) is 25.7 Å². The van der Waals surface area contributed by atoms with Gasteiger partial charge in [-0.15, -0.1) is 0 Å². The van der Waals surface area contributed by atoms with Crippen molar-refractivity contribution in [2.45, 2.75) is 44.4 Å². The van der Waals surface area contributed by atoms with Gasteiger partial charge in [-0.2, -0.15) is 0 Å². The second-order valence-corrected chi connectivity index (χ2v) is 5.94. The van der Waals surface area contributed by atoms with Gasteiger partial charge in [-0.25, -0.2) is 9.59 Å². The normalized spacial score (nSPS) is 26.7. The highest BCUT2D eigenvalue weighted by molar-refractivity contribution is 5.83. The molecule has 2 rings (SSSR count). The second kappa shape index (κ2) is 6.62. The lowest BCUT2D eigenvalue weighted by atomic mass is 10.2. The van der Waals surface area contributed by atoms with Crippen molar-refractivity contribution in [3.05, 3.63) is 0 Å². The topological polar surface area (TPSA) is 90.3 Å². The highest BCUT2D eigenvalue weighted by atomic mass is 16.5. The third-order valence-corrected chi connectivity index (χ3v) is 4.39. The minimum atomic E-state index is -1.06. The quantitative estimate of drug-likeness (QED) is 0.740. The summed E-state index contributed by atoms with van der Waals surface area (Å²) < 4.78 is 5.05. The Morgan fingerprint density at radius 2 is 2.10 bits per heavy atom. The van der Waals surface area contributed by atoms with Gasteiger partial charge in [-0.1, -0.05) is 0 Å². The van der Waals surface area contributed by atoms with Crippen molar-refractivity contribution in [3.63, 3.8) is 0 Å². The number of methoxy groups -OCH3 is 1. The van der Waals surface area contributed by atoms with Crippen molar-refractivity contribution in [2.75, 3.05) is 26.8 Å². The van der Waals surface area contributed by atoms with E-state index in [0.29, 0.717) is 19.1 Å². The molecule has 7 nitrogen and oxygen atoms in total. The van der Waals surface area contributed by atoms with E-state index in [1.165, 1.54) is 4.90 Å². The van der Waals surface area contributed by atoms with Crippen LogP contribution in [0.2, 0.25) is 0 Å². The number of carbonyl (C=O) groups excluding carboxylic acids is 1. The molecular formula is C14H24N2O5. The van der Waals surface area contributed by atoms with E-state index in [1.807, 2.05) is 6.92 Å². The predicted octanol–water partition coefficient (Wildman–Crippen LogP) is 0.373. The first-order valence-corrected chi connectivity index (χ1v) is 7.42. The molecule has 21 heavy (non-hydrogen) atoms. The number of amides is 2. The zero-order valence-corrected chi connectivity index (χ0v) is 12.6. The van der Waals surface area contributed by atoms with Crippen LogP contribution in [0, 0.1) is 5.92 Å². The van der Waals surface area contributed by atoms with Crippen molar-refractivity contribution < 1.29 is 24.5 Å². The number of carboxylic acid groups (broad SMARTS) is 1. The van der Waals surface area contributed by atoms with Crippen molar-refractivity contribution in [1.29, 1.82) is 0 Å². The molecule has 1 unspecified atom stereocenters. The molecule has 1 aliphatic carbocycles. The summed E-state index contributed by atoms with van der Waals surface area (Å²) in [7, 11) is 1.57. The average molecular weight is 300 g/mol. The van der Waals surface area contributed by atoms with Crippen LogP contribution < -0.4 is 0 Å². The minimum absolute atomic E-state index is 0.0693. The van der Waals surface area contributed by atoms with E-state index in [-0.39, 0.29) is 25.0 Å². The van der Waals surface area contributed by atoms with E-state index in [0.717, 1.165) is 12.8 Å². The number of aliphatic carboxylic acids is 1. The van der Waals surface area contributed by atoms with Gasteiger partial charge >= 0.3 is 12.0 Å². The summed E-state index contributed by atoms with van der Waals surface area (Å²) in [6.45, 7) is 2.92. The van der Waals surface area contributed by atoms with Gasteiger partial charge < -0.3 is 24.7 Å². The number of carbonyl (C=O) groups is 2. The van der Waals surface area contributed by atoms with E-state index in [2.05, 4.69) is 0 Å². The Kier molecular flexibility index (Phi) is 5.05. The number of urea groups is 1. The maximum atomic E-state index is 12.7. The Balaban J connectivity index is 2.10. The van der Waals surface area contributed by atoms with Crippen LogP contribution in [0.1, 0.15) is 26.2 Å². The van der Waals surface area contributed by atoms with Crippen molar-refractivity contribution in [3.8, 4) is 0 Å². The monoisotopic (exact) mass is 300 g/mol. The number of aliphatic hydroxyl groups excluding tert-OH is 1. The minimum Gasteiger partial charge on any atom is -0.480 e. The SMILES string of the molecule is COCCN(C(=O)N1C[C@H](O)C[C@H]1C(=O)O)C(C)C1CC1. The molecule has 0 aromatic carbocycles. The summed E-state index contributed by atoms with van der Waals surface area (Å²) in [5.74, 6) is -0.577. The standard InChI is InChI=1S/C14H24N2O5/c1-9(10-3-4-10)15(5-6-21-2)14(20)16-8-11(17)7-12(16)13(18)19/h9-12,17H,3-8H2,1-2H3,(H,18,19)/t9?,11-,12+/m1/s1. The van der Waals surface area contributed by atoms with E-state index in [1.54, 1.807) is 12.0 Å². The predicted molar refractivity (Wildman–Crippen MR) is 74.9 cm³/mol. The number of hydrogen-bond donors (Lipinski definition) is 2. The van der Waals surface area contributed by atoms with E-state index in [4.69, 9.17) is 4.74 Å². The largest absolute Gasteiger partial charge is 0.480 e. The number of hydrogen-bond acceptors (Lipinski definition) is 4. The Hall–Kier alpha value is -1.34. The van der Waals surface area contributed by atoms with Crippen LogP contribution in [-0.2, 0) is 9.53 Å². The van der Waals surface area contributed by atoms with Crippen LogP contribution in [0.3, 0.4) is 0 Å². The molecule has 1 saturated carbocycles. The first-order valence-electron chi connectivity index (χ1n) is 7.42. The van der Waals surface area contributed by atoms with Crippen LogP contribution in [0.5, 0.6) is 0 Å². The summed E-state index contributed by atoms with van der Waals surface area (Å²) in [6, 6.07) is -1.18. The molecule has 2 N–H and O–H groups in total. The number of ether oxygens (including phenoxy) is 1. The third-order valence-electron chi connectivity index (χ3n) is 4.39. The molecule has 0 aromatic heterocycles. The fourth-order valence-electron chi connectivity index (χ4n) is 2.92. The zero-order chi connectivity index (χ0) is 15.6. The number of aliphatic hydroxyl groups is 1. The van der Waals surface area contributed by atoms with Crippen LogP contribution in [0.4, 0.5) is 4.79 Å². The summed E-state index contributed by atoms with van der Waals surface area (Å²) in [4.78, 5) is 26.9. The van der Waals surface area contributed by atoms with E-state index < -0.39 is 18.1 Å². The molecule has 2 aliphatic rings. The highest BCUT2D eigenvalue weighted by Gasteiger charge is 2.43. The fraction of sp³-hybridized carbons (Fsp3) is 0.857. The number of carboxylic acids is 1. The second-order valence-electron chi connectivity index (χ2n) is 5.94. The molecule has 120 valence electrons. The average Bonchev–Trinajstić information content (AvgIpc) is 3.20. The van der Waals surface area contributed by atoms with Crippen LogP contribution in [0.15, 0.2) is 0 Å². The number of β-amino-alcohol motifs (C(OH)–C–C–N with tert-alkyl or cyclic N) is 1. The van der Waals surface area contributed by atoms with Gasteiger partial charge in [0.25, 0.3) is 0 Å². The molecular weight excluding hydrogens is 276 g/mol. The Bertz CT molecular complexity index is 399. The molecule has 7 heteroatoms. The first-order chi connectivity index (χ1) is 9.95. The Morgan fingerprint density at radius 1 is 1.43 bits per heavy atom. The lowest BCUT2D eigenvalue weighted by Crippen LogP contribution is -2.52. The van der Waals surface area contributed by atoms with Gasteiger partial charge in [-0.3, -0.25) is 0 Å². The molecule has 3 atom stereocenters. The van der Waals surface area contributed by atoms with E-state index >= 15 is 0 Å². The fourth-order valence-corrected chi connectivity index (χ4v) is 2.92. The van der Waals surface area contributed by atoms with Gasteiger partial charge in [0.2, 0.25) is 0 Å². The summed E-state index contributed by atoms with van der Waals surface area (Å²) in [5.41, 5.74) is 0. The first kappa shape index (κ1) is 16.0. The number of rotatable bonds is 6. The lowest BCUT2D eigenvalue weighted by Gasteiger charge is -2.34. The van der Waals surface area contributed by atoms with Crippen molar-refractivity contribution in [2.24, 2.45) is 5.92 Å². The summed E-state index contributed by atoms with van der Waals surface area (Å²) >= 11 is 0. The summed E-state index contributed by atoms with van der Waals surface area (Å²) in [6.07, 6.45) is 1.53. The van der Waals surface area contributed by atoms with Crippen molar-refractivity contribution >= 4 is 12.0 Å². The van der Waals surface area contributed by atoms with Gasteiger partial charge in [0.05, 0.1) is 12.7 Å². The van der Waals surface area contributed by atoms with Crippen LogP contribution in [-0.4, -0.2) is 77.0 Å². The van der Waals surface area contributed by atoms with Crippen LogP contribution in [0.25, 0.3) is 0 Å². The smallest absolute Gasteiger partial charge is 0.326 e.